The predicted octanol–water partition coefficient (Wildman–Crippen LogP) is 4.47. The molecular weight excluding hydrogens is 314 g/mol. The highest BCUT2D eigenvalue weighted by Crippen LogP contribution is 2.35. The molecule has 1 heterocycles. The Morgan fingerprint density at radius 2 is 1.64 bits per heavy atom. The molecule has 2 aromatic carbocycles. The van der Waals surface area contributed by atoms with E-state index < -0.39 is 0 Å². The third kappa shape index (κ3) is 3.60. The second-order valence-electron chi connectivity index (χ2n) is 6.34. The van der Waals surface area contributed by atoms with E-state index in [4.69, 9.17) is 9.47 Å². The zero-order valence-corrected chi connectivity index (χ0v) is 15.3. The normalized spacial score (nSPS) is 12.5. The largest absolute Gasteiger partial charge is 0.490 e. The Morgan fingerprint density at radius 3 is 2.20 bits per heavy atom. The third-order valence-electron chi connectivity index (χ3n) is 4.23. The third-order valence-corrected chi connectivity index (χ3v) is 4.23. The molecule has 1 aromatic heterocycles. The van der Waals surface area contributed by atoms with Crippen LogP contribution in [0.2, 0.25) is 0 Å². The maximum atomic E-state index is 5.77. The number of benzene rings is 2. The van der Waals surface area contributed by atoms with Crippen LogP contribution < -0.4 is 9.47 Å². The fourth-order valence-corrected chi connectivity index (χ4v) is 3.20. The molecule has 3 rings (SSSR count). The molecule has 0 radical (unpaired) electrons. The van der Waals surface area contributed by atoms with Crippen molar-refractivity contribution in [3.05, 3.63) is 48.3 Å². The van der Waals surface area contributed by atoms with Crippen molar-refractivity contribution >= 4 is 10.8 Å². The first-order valence-electron chi connectivity index (χ1n) is 8.83. The van der Waals surface area contributed by atoms with Gasteiger partial charge < -0.3 is 9.47 Å². The molecule has 1 unspecified atom stereocenters. The molecule has 3 aromatic rings. The highest BCUT2D eigenvalue weighted by Gasteiger charge is 2.19. The van der Waals surface area contributed by atoms with Gasteiger partial charge in [-0.2, -0.15) is 0 Å². The van der Waals surface area contributed by atoms with Crippen molar-refractivity contribution in [2.45, 2.75) is 33.7 Å². The Balaban J connectivity index is 2.07. The van der Waals surface area contributed by atoms with Crippen molar-refractivity contribution < 1.29 is 9.47 Å². The number of hydrogen-bond donors (Lipinski definition) is 0. The molecule has 0 amide bonds. The molecule has 0 saturated heterocycles. The van der Waals surface area contributed by atoms with E-state index in [0.29, 0.717) is 19.1 Å². The monoisotopic (exact) mass is 339 g/mol. The number of rotatable bonds is 7. The molecule has 0 bridgehead atoms. The van der Waals surface area contributed by atoms with Gasteiger partial charge in [0.1, 0.15) is 0 Å². The van der Waals surface area contributed by atoms with Gasteiger partial charge in [0.05, 0.1) is 25.5 Å². The van der Waals surface area contributed by atoms with Gasteiger partial charge in [0.15, 0.2) is 11.5 Å². The lowest BCUT2D eigenvalue weighted by molar-refractivity contribution is 0.288. The minimum Gasteiger partial charge on any atom is -0.490 e. The molecule has 0 saturated carbocycles. The summed E-state index contributed by atoms with van der Waals surface area (Å²) in [5.41, 5.74) is 1.21. The minimum absolute atomic E-state index is 0.147. The summed E-state index contributed by atoms with van der Waals surface area (Å²) in [6, 6.07) is 10.8. The first-order chi connectivity index (χ1) is 12.1. The van der Waals surface area contributed by atoms with E-state index in [1.807, 2.05) is 30.8 Å². The zero-order valence-electron chi connectivity index (χ0n) is 15.3. The van der Waals surface area contributed by atoms with Crippen molar-refractivity contribution in [1.82, 2.24) is 15.0 Å². The quantitative estimate of drug-likeness (QED) is 0.637. The lowest BCUT2D eigenvalue weighted by Gasteiger charge is -2.22. The van der Waals surface area contributed by atoms with Crippen molar-refractivity contribution in [1.29, 1.82) is 0 Å². The van der Waals surface area contributed by atoms with Gasteiger partial charge in [-0.1, -0.05) is 31.2 Å². The van der Waals surface area contributed by atoms with Gasteiger partial charge >= 0.3 is 0 Å². The van der Waals surface area contributed by atoms with E-state index in [0.717, 1.165) is 22.3 Å². The van der Waals surface area contributed by atoms with Gasteiger partial charge in [-0.3, -0.25) is 0 Å². The van der Waals surface area contributed by atoms with Crippen molar-refractivity contribution in [2.75, 3.05) is 13.2 Å². The Kier molecular flexibility index (Phi) is 5.22. The Morgan fingerprint density at radius 1 is 0.960 bits per heavy atom. The van der Waals surface area contributed by atoms with Crippen molar-refractivity contribution in [3.63, 3.8) is 0 Å². The summed E-state index contributed by atoms with van der Waals surface area (Å²) in [6.45, 7) is 9.58. The van der Waals surface area contributed by atoms with Crippen LogP contribution >= 0.6 is 0 Å². The minimum atomic E-state index is 0.147. The second kappa shape index (κ2) is 7.55. The topological polar surface area (TPSA) is 49.2 Å². The van der Waals surface area contributed by atoms with E-state index in [2.05, 4.69) is 48.4 Å². The van der Waals surface area contributed by atoms with Crippen LogP contribution in [0.15, 0.2) is 42.7 Å². The number of nitrogens with zero attached hydrogens (tertiary/aromatic N) is 3. The van der Waals surface area contributed by atoms with Crippen LogP contribution in [0.5, 0.6) is 11.5 Å². The first-order valence-corrected chi connectivity index (χ1v) is 8.83. The molecule has 5 nitrogen and oxygen atoms in total. The summed E-state index contributed by atoms with van der Waals surface area (Å²) < 4.78 is 13.4. The summed E-state index contributed by atoms with van der Waals surface area (Å²) in [4.78, 5) is 0. The summed E-state index contributed by atoms with van der Waals surface area (Å²) in [5, 5.41) is 10.4. The summed E-state index contributed by atoms with van der Waals surface area (Å²) in [6.07, 6.45) is 3.64. The fourth-order valence-electron chi connectivity index (χ4n) is 3.20. The Hall–Kier alpha value is -2.56. The van der Waals surface area contributed by atoms with E-state index in [9.17, 15) is 0 Å². The van der Waals surface area contributed by atoms with Crippen LogP contribution in [0.4, 0.5) is 0 Å². The maximum Gasteiger partial charge on any atom is 0.161 e. The lowest BCUT2D eigenvalue weighted by Crippen LogP contribution is -2.17. The molecule has 132 valence electrons. The van der Waals surface area contributed by atoms with E-state index in [1.54, 1.807) is 6.20 Å². The van der Waals surface area contributed by atoms with Gasteiger partial charge in [0.25, 0.3) is 0 Å². The summed E-state index contributed by atoms with van der Waals surface area (Å²) in [5.74, 6) is 1.98. The van der Waals surface area contributed by atoms with Gasteiger partial charge in [-0.15, -0.1) is 5.10 Å². The molecule has 25 heavy (non-hydrogen) atoms. The number of ether oxygens (including phenoxy) is 2. The number of fused-ring (bicyclic) bond motifs is 1. The fraction of sp³-hybridized carbons (Fsp3) is 0.400. The molecular formula is C20H25N3O2. The number of aromatic nitrogens is 3. The van der Waals surface area contributed by atoms with Crippen LogP contribution in [0.25, 0.3) is 10.8 Å². The van der Waals surface area contributed by atoms with Crippen molar-refractivity contribution in [2.24, 2.45) is 5.92 Å². The molecule has 0 aliphatic carbocycles. The predicted molar refractivity (Wildman–Crippen MR) is 99.3 cm³/mol. The van der Waals surface area contributed by atoms with Crippen molar-refractivity contribution in [3.8, 4) is 11.5 Å². The van der Waals surface area contributed by atoms with Gasteiger partial charge in [-0.25, -0.2) is 4.68 Å². The molecule has 0 spiro atoms. The highest BCUT2D eigenvalue weighted by molar-refractivity contribution is 5.86. The summed E-state index contributed by atoms with van der Waals surface area (Å²) >= 11 is 0. The molecule has 1 atom stereocenters. The van der Waals surface area contributed by atoms with Crippen LogP contribution in [0.1, 0.15) is 39.3 Å². The van der Waals surface area contributed by atoms with Gasteiger partial charge in [0.2, 0.25) is 0 Å². The molecule has 0 N–H and O–H groups in total. The van der Waals surface area contributed by atoms with Crippen LogP contribution in [0.3, 0.4) is 0 Å². The van der Waals surface area contributed by atoms with Gasteiger partial charge in [-0.05, 0) is 54.3 Å². The van der Waals surface area contributed by atoms with Crippen LogP contribution in [0, 0.1) is 5.92 Å². The van der Waals surface area contributed by atoms with Crippen LogP contribution in [-0.4, -0.2) is 28.2 Å². The molecule has 5 heteroatoms. The smallest absolute Gasteiger partial charge is 0.161 e. The SMILES string of the molecule is CCOc1cc2ccc(C(C(C)C)n3ccnn3)cc2cc1OCC. The van der Waals surface area contributed by atoms with E-state index in [1.165, 1.54) is 5.56 Å². The average molecular weight is 339 g/mol. The standard InChI is InChI=1S/C20H25N3O2/c1-5-24-18-12-15-7-8-16(11-17(15)13-19(18)25-6-2)20(14(3)4)23-10-9-21-22-23/h7-14,20H,5-6H2,1-4H3. The van der Waals surface area contributed by atoms with E-state index >= 15 is 0 Å². The molecule has 0 fully saturated rings. The Labute approximate surface area is 148 Å². The second-order valence-corrected chi connectivity index (χ2v) is 6.34. The summed E-state index contributed by atoms with van der Waals surface area (Å²) in [7, 11) is 0. The highest BCUT2D eigenvalue weighted by atomic mass is 16.5. The zero-order chi connectivity index (χ0) is 17.8. The first kappa shape index (κ1) is 17.3. The van der Waals surface area contributed by atoms with Crippen LogP contribution in [-0.2, 0) is 0 Å². The maximum absolute atomic E-state index is 5.77. The molecule has 0 aliphatic rings. The number of hydrogen-bond acceptors (Lipinski definition) is 4. The molecule has 0 aliphatic heterocycles. The lowest BCUT2D eigenvalue weighted by atomic mass is 9.94. The van der Waals surface area contributed by atoms with E-state index in [-0.39, 0.29) is 6.04 Å². The Bertz CT molecular complexity index is 828. The van der Waals surface area contributed by atoms with Gasteiger partial charge in [0, 0.05) is 6.20 Å². The average Bonchev–Trinajstić information content (AvgIpc) is 3.10.